The highest BCUT2D eigenvalue weighted by Gasteiger charge is 2.27. The Balaban J connectivity index is 1.30. The molecule has 4 rings (SSSR count). The van der Waals surface area contributed by atoms with E-state index >= 15 is 0 Å². The van der Waals surface area contributed by atoms with E-state index in [1.807, 2.05) is 18.2 Å². The van der Waals surface area contributed by atoms with Crippen molar-refractivity contribution in [2.75, 3.05) is 20.2 Å². The number of amides is 1. The second-order valence-corrected chi connectivity index (χ2v) is 9.11. The van der Waals surface area contributed by atoms with Gasteiger partial charge in [0.2, 0.25) is 0 Å². The molecule has 2 fully saturated rings. The number of carbonyl (C=O) groups excluding carboxylic acids is 1. The van der Waals surface area contributed by atoms with Gasteiger partial charge in [-0.1, -0.05) is 18.2 Å². The largest absolute Gasteiger partial charge is 0.494 e. The summed E-state index contributed by atoms with van der Waals surface area (Å²) < 4.78 is 19.1. The lowest BCUT2D eigenvalue weighted by molar-refractivity contribution is 0.0929. The highest BCUT2D eigenvalue weighted by atomic mass is 19.1. The third kappa shape index (κ3) is 5.48. The van der Waals surface area contributed by atoms with Gasteiger partial charge in [0.25, 0.3) is 5.91 Å². The second-order valence-electron chi connectivity index (χ2n) is 9.11. The van der Waals surface area contributed by atoms with E-state index < -0.39 is 0 Å². The molecule has 172 valence electrons. The number of benzene rings is 2. The monoisotopic (exact) mass is 439 g/mol. The van der Waals surface area contributed by atoms with Gasteiger partial charge < -0.3 is 20.7 Å². The number of methoxy groups -OCH3 is 1. The van der Waals surface area contributed by atoms with Crippen LogP contribution in [0.4, 0.5) is 4.39 Å². The Bertz CT molecular complexity index is 912. The third-order valence-corrected chi connectivity index (χ3v) is 6.91. The molecule has 1 saturated carbocycles. The lowest BCUT2D eigenvalue weighted by atomic mass is 9.96. The van der Waals surface area contributed by atoms with E-state index in [-0.39, 0.29) is 29.6 Å². The molecule has 2 aliphatic rings. The summed E-state index contributed by atoms with van der Waals surface area (Å²) in [6, 6.07) is 14.0. The highest BCUT2D eigenvalue weighted by molar-refractivity contribution is 5.94. The summed E-state index contributed by atoms with van der Waals surface area (Å²) >= 11 is 0. The number of hydrogen-bond donors (Lipinski definition) is 3. The molecule has 5 nitrogen and oxygen atoms in total. The fraction of sp³-hybridized carbons (Fsp3) is 0.500. The van der Waals surface area contributed by atoms with Crippen LogP contribution in [-0.2, 0) is 0 Å². The van der Waals surface area contributed by atoms with Crippen molar-refractivity contribution in [3.63, 3.8) is 0 Å². The predicted molar refractivity (Wildman–Crippen MR) is 125 cm³/mol. The quantitative estimate of drug-likeness (QED) is 0.602. The molecular formula is C26H34FN3O2. The van der Waals surface area contributed by atoms with Crippen LogP contribution < -0.4 is 20.7 Å². The lowest BCUT2D eigenvalue weighted by Crippen LogP contribution is -2.42. The van der Waals surface area contributed by atoms with Gasteiger partial charge >= 0.3 is 0 Å². The Kier molecular flexibility index (Phi) is 7.43. The summed E-state index contributed by atoms with van der Waals surface area (Å²) in [5.74, 6) is 0.450. The van der Waals surface area contributed by atoms with Crippen LogP contribution in [0.1, 0.15) is 72.5 Å². The normalized spacial score (nSPS) is 22.5. The summed E-state index contributed by atoms with van der Waals surface area (Å²) in [4.78, 5) is 12.5. The topological polar surface area (TPSA) is 62.4 Å². The summed E-state index contributed by atoms with van der Waals surface area (Å²) in [7, 11) is 1.48. The molecule has 1 aliphatic heterocycles. The van der Waals surface area contributed by atoms with Gasteiger partial charge in [0.05, 0.1) is 7.11 Å². The molecule has 1 aliphatic carbocycles. The van der Waals surface area contributed by atoms with Gasteiger partial charge in [-0.25, -0.2) is 4.39 Å². The van der Waals surface area contributed by atoms with Crippen LogP contribution >= 0.6 is 0 Å². The minimum Gasteiger partial charge on any atom is -0.494 e. The maximum absolute atomic E-state index is 14.0. The molecule has 1 heterocycles. The third-order valence-electron chi connectivity index (χ3n) is 6.91. The van der Waals surface area contributed by atoms with Crippen molar-refractivity contribution in [2.45, 2.75) is 63.1 Å². The number of piperidine rings is 1. The Hall–Kier alpha value is -2.44. The Morgan fingerprint density at radius 3 is 2.50 bits per heavy atom. The van der Waals surface area contributed by atoms with Crippen molar-refractivity contribution >= 4 is 5.91 Å². The van der Waals surface area contributed by atoms with Crippen LogP contribution in [-0.4, -0.2) is 38.2 Å². The molecular weight excluding hydrogens is 405 g/mol. The molecule has 32 heavy (non-hydrogen) atoms. The zero-order valence-electron chi connectivity index (χ0n) is 19.0. The summed E-state index contributed by atoms with van der Waals surface area (Å²) in [6.45, 7) is 4.00. The maximum atomic E-state index is 14.0. The Morgan fingerprint density at radius 2 is 1.81 bits per heavy atom. The first-order valence-electron chi connectivity index (χ1n) is 11.7. The molecule has 1 unspecified atom stereocenters. The van der Waals surface area contributed by atoms with E-state index in [1.165, 1.54) is 12.7 Å². The SMILES string of the molecule is COc1ccc([C@@H](C)NC2CC[C@H](c3ccc(C(=O)NC4CCNCC4)cc3)C2)cc1F. The highest BCUT2D eigenvalue weighted by Crippen LogP contribution is 2.35. The van der Waals surface area contributed by atoms with Crippen LogP contribution in [0.25, 0.3) is 0 Å². The molecule has 0 radical (unpaired) electrons. The van der Waals surface area contributed by atoms with Gasteiger partial charge in [0.1, 0.15) is 0 Å². The predicted octanol–water partition coefficient (Wildman–Crippen LogP) is 4.30. The van der Waals surface area contributed by atoms with Crippen molar-refractivity contribution in [2.24, 2.45) is 0 Å². The number of ether oxygens (including phenoxy) is 1. The molecule has 1 saturated heterocycles. The molecule has 1 amide bonds. The molecule has 3 N–H and O–H groups in total. The smallest absolute Gasteiger partial charge is 0.251 e. The summed E-state index contributed by atoms with van der Waals surface area (Å²) in [5, 5.41) is 10.1. The lowest BCUT2D eigenvalue weighted by Gasteiger charge is -2.23. The van der Waals surface area contributed by atoms with E-state index in [2.05, 4.69) is 35.0 Å². The minimum atomic E-state index is -0.327. The minimum absolute atomic E-state index is 0.0231. The van der Waals surface area contributed by atoms with Gasteiger partial charge in [-0.15, -0.1) is 0 Å². The molecule has 0 bridgehead atoms. The fourth-order valence-corrected chi connectivity index (χ4v) is 4.98. The average molecular weight is 440 g/mol. The van der Waals surface area contributed by atoms with Gasteiger partial charge in [0.15, 0.2) is 11.6 Å². The van der Waals surface area contributed by atoms with Crippen LogP contribution in [0, 0.1) is 5.82 Å². The molecule has 0 aromatic heterocycles. The molecule has 6 heteroatoms. The van der Waals surface area contributed by atoms with Crippen molar-refractivity contribution in [3.8, 4) is 5.75 Å². The van der Waals surface area contributed by atoms with Crippen molar-refractivity contribution in [3.05, 3.63) is 65.0 Å². The van der Waals surface area contributed by atoms with Gasteiger partial charge in [-0.2, -0.15) is 0 Å². The van der Waals surface area contributed by atoms with Crippen molar-refractivity contribution < 1.29 is 13.9 Å². The van der Waals surface area contributed by atoms with Crippen LogP contribution in [0.5, 0.6) is 5.75 Å². The number of hydrogen-bond acceptors (Lipinski definition) is 4. The van der Waals surface area contributed by atoms with E-state index in [1.54, 1.807) is 12.1 Å². The number of rotatable bonds is 7. The standard InChI is InChI=1S/C26H34FN3O2/c1-17(20-8-10-25(32-2)24(27)16-20)29-23-9-7-21(15-23)18-3-5-19(6-4-18)26(31)30-22-11-13-28-14-12-22/h3-6,8,10,16-17,21-23,28-29H,7,9,11-15H2,1-2H3,(H,30,31)/t17-,21+,23?/m1/s1. The van der Waals surface area contributed by atoms with Crippen LogP contribution in [0.2, 0.25) is 0 Å². The van der Waals surface area contributed by atoms with E-state index in [4.69, 9.17) is 4.74 Å². The van der Waals surface area contributed by atoms with Gasteiger partial charge in [0, 0.05) is 23.7 Å². The van der Waals surface area contributed by atoms with Crippen molar-refractivity contribution in [1.82, 2.24) is 16.0 Å². The van der Waals surface area contributed by atoms with Crippen molar-refractivity contribution in [1.29, 1.82) is 0 Å². The summed E-state index contributed by atoms with van der Waals surface area (Å²) in [6.07, 6.45) is 5.22. The number of halogens is 1. The average Bonchev–Trinajstić information content (AvgIpc) is 3.28. The van der Waals surface area contributed by atoms with Crippen LogP contribution in [0.3, 0.4) is 0 Å². The van der Waals surface area contributed by atoms with Crippen LogP contribution in [0.15, 0.2) is 42.5 Å². The number of carbonyl (C=O) groups is 1. The Labute approximate surface area is 190 Å². The Morgan fingerprint density at radius 1 is 1.06 bits per heavy atom. The van der Waals surface area contributed by atoms with Gasteiger partial charge in [-0.05, 0) is 93.4 Å². The zero-order chi connectivity index (χ0) is 22.5. The molecule has 2 aromatic rings. The van der Waals surface area contributed by atoms with Gasteiger partial charge in [-0.3, -0.25) is 4.79 Å². The second kappa shape index (κ2) is 10.5. The van der Waals surface area contributed by atoms with E-state index in [9.17, 15) is 9.18 Å². The first-order chi connectivity index (χ1) is 15.5. The zero-order valence-corrected chi connectivity index (χ0v) is 19.0. The molecule has 3 atom stereocenters. The summed E-state index contributed by atoms with van der Waals surface area (Å²) in [5.41, 5.74) is 2.95. The first kappa shape index (κ1) is 22.7. The van der Waals surface area contributed by atoms with E-state index in [0.29, 0.717) is 12.0 Å². The first-order valence-corrected chi connectivity index (χ1v) is 11.7. The molecule has 0 spiro atoms. The maximum Gasteiger partial charge on any atom is 0.251 e. The fourth-order valence-electron chi connectivity index (χ4n) is 4.98. The number of nitrogens with one attached hydrogen (secondary N) is 3. The van der Waals surface area contributed by atoms with E-state index in [0.717, 1.165) is 56.3 Å². The molecule has 2 aromatic carbocycles.